The van der Waals surface area contributed by atoms with Crippen LogP contribution in [0, 0.1) is 0 Å². The van der Waals surface area contributed by atoms with Crippen LogP contribution in [0.2, 0.25) is 0 Å². The topological polar surface area (TPSA) is 43.6 Å². The van der Waals surface area contributed by atoms with Gasteiger partial charge in [-0.25, -0.2) is 4.98 Å². The SMILES string of the molecule is CCc1ccc(-c2nccn2CCc2cnccn2)cc1. The normalized spacial score (nSPS) is 10.7. The Kier molecular flexibility index (Phi) is 4.05. The largest absolute Gasteiger partial charge is 0.331 e. The van der Waals surface area contributed by atoms with Crippen LogP contribution < -0.4 is 0 Å². The van der Waals surface area contributed by atoms with E-state index in [9.17, 15) is 0 Å². The Morgan fingerprint density at radius 3 is 2.57 bits per heavy atom. The molecule has 0 atom stereocenters. The summed E-state index contributed by atoms with van der Waals surface area (Å²) >= 11 is 0. The molecule has 0 amide bonds. The van der Waals surface area contributed by atoms with Gasteiger partial charge >= 0.3 is 0 Å². The van der Waals surface area contributed by atoms with Gasteiger partial charge in [-0.05, 0) is 12.0 Å². The molecule has 0 radical (unpaired) electrons. The average Bonchev–Trinajstić information content (AvgIpc) is 3.02. The summed E-state index contributed by atoms with van der Waals surface area (Å²) in [6.07, 6.45) is 11.0. The summed E-state index contributed by atoms with van der Waals surface area (Å²) in [5.74, 6) is 1.00. The van der Waals surface area contributed by atoms with Gasteiger partial charge in [0.05, 0.1) is 5.69 Å². The van der Waals surface area contributed by atoms with E-state index in [2.05, 4.69) is 50.7 Å². The minimum atomic E-state index is 0.851. The predicted octanol–water partition coefficient (Wildman–Crippen LogP) is 3.15. The number of benzene rings is 1. The average molecular weight is 278 g/mol. The fourth-order valence-corrected chi connectivity index (χ4v) is 2.33. The zero-order valence-corrected chi connectivity index (χ0v) is 12.1. The van der Waals surface area contributed by atoms with E-state index in [0.717, 1.165) is 36.5 Å². The number of hydrogen-bond donors (Lipinski definition) is 0. The van der Waals surface area contributed by atoms with E-state index in [1.165, 1.54) is 5.56 Å². The highest BCUT2D eigenvalue weighted by Crippen LogP contribution is 2.18. The van der Waals surface area contributed by atoms with Gasteiger partial charge < -0.3 is 4.57 Å². The smallest absolute Gasteiger partial charge is 0.139 e. The lowest BCUT2D eigenvalue weighted by Gasteiger charge is -2.08. The molecule has 2 heterocycles. The lowest BCUT2D eigenvalue weighted by molar-refractivity contribution is 0.689. The monoisotopic (exact) mass is 278 g/mol. The molecule has 0 N–H and O–H groups in total. The van der Waals surface area contributed by atoms with Crippen molar-refractivity contribution in [2.24, 2.45) is 0 Å². The molecule has 0 aliphatic carbocycles. The van der Waals surface area contributed by atoms with Crippen molar-refractivity contribution in [3.05, 3.63) is 66.5 Å². The summed E-state index contributed by atoms with van der Waals surface area (Å²) in [4.78, 5) is 12.9. The van der Waals surface area contributed by atoms with Gasteiger partial charge in [0.25, 0.3) is 0 Å². The van der Waals surface area contributed by atoms with Gasteiger partial charge in [-0.3, -0.25) is 9.97 Å². The third-order valence-electron chi connectivity index (χ3n) is 3.56. The second kappa shape index (κ2) is 6.31. The second-order valence-electron chi connectivity index (χ2n) is 4.94. The van der Waals surface area contributed by atoms with E-state index < -0.39 is 0 Å². The molecule has 3 aromatic rings. The van der Waals surface area contributed by atoms with Crippen molar-refractivity contribution in [2.75, 3.05) is 0 Å². The van der Waals surface area contributed by atoms with E-state index in [4.69, 9.17) is 0 Å². The third-order valence-corrected chi connectivity index (χ3v) is 3.56. The minimum absolute atomic E-state index is 0.851. The lowest BCUT2D eigenvalue weighted by Crippen LogP contribution is -2.04. The summed E-state index contributed by atoms with van der Waals surface area (Å²) in [5.41, 5.74) is 3.49. The van der Waals surface area contributed by atoms with Crippen LogP contribution >= 0.6 is 0 Å². The first-order valence-corrected chi connectivity index (χ1v) is 7.22. The van der Waals surface area contributed by atoms with Crippen molar-refractivity contribution >= 4 is 0 Å². The van der Waals surface area contributed by atoms with Gasteiger partial charge in [-0.15, -0.1) is 0 Å². The Labute approximate surface area is 124 Å². The summed E-state index contributed by atoms with van der Waals surface area (Å²) < 4.78 is 2.16. The van der Waals surface area contributed by atoms with Gasteiger partial charge in [-0.2, -0.15) is 0 Å². The second-order valence-corrected chi connectivity index (χ2v) is 4.94. The van der Waals surface area contributed by atoms with E-state index in [-0.39, 0.29) is 0 Å². The molecule has 21 heavy (non-hydrogen) atoms. The van der Waals surface area contributed by atoms with Gasteiger partial charge in [0.15, 0.2) is 0 Å². The van der Waals surface area contributed by atoms with Crippen molar-refractivity contribution in [3.8, 4) is 11.4 Å². The molecule has 0 unspecified atom stereocenters. The van der Waals surface area contributed by atoms with Crippen molar-refractivity contribution in [1.29, 1.82) is 0 Å². The van der Waals surface area contributed by atoms with Crippen molar-refractivity contribution in [1.82, 2.24) is 19.5 Å². The summed E-state index contributed by atoms with van der Waals surface area (Å²) in [7, 11) is 0. The van der Waals surface area contributed by atoms with Crippen molar-refractivity contribution in [3.63, 3.8) is 0 Å². The van der Waals surface area contributed by atoms with Gasteiger partial charge in [-0.1, -0.05) is 31.2 Å². The van der Waals surface area contributed by atoms with Crippen LogP contribution in [-0.4, -0.2) is 19.5 Å². The van der Waals surface area contributed by atoms with E-state index in [1.54, 1.807) is 12.4 Å². The molecule has 0 bridgehead atoms. The summed E-state index contributed by atoms with van der Waals surface area (Å²) in [6, 6.07) is 8.61. The van der Waals surface area contributed by atoms with Crippen LogP contribution in [0.3, 0.4) is 0 Å². The Balaban J connectivity index is 1.77. The molecule has 4 heteroatoms. The van der Waals surface area contributed by atoms with Gasteiger partial charge in [0.2, 0.25) is 0 Å². The quantitative estimate of drug-likeness (QED) is 0.720. The molecule has 0 saturated carbocycles. The molecule has 0 spiro atoms. The maximum atomic E-state index is 4.48. The van der Waals surface area contributed by atoms with Crippen LogP contribution in [-0.2, 0) is 19.4 Å². The minimum Gasteiger partial charge on any atom is -0.331 e. The van der Waals surface area contributed by atoms with E-state index in [1.807, 2.05) is 18.6 Å². The molecule has 0 saturated heterocycles. The predicted molar refractivity (Wildman–Crippen MR) is 82.8 cm³/mol. The van der Waals surface area contributed by atoms with Crippen LogP contribution in [0.4, 0.5) is 0 Å². The zero-order chi connectivity index (χ0) is 14.5. The van der Waals surface area contributed by atoms with Crippen molar-refractivity contribution < 1.29 is 0 Å². The number of aromatic nitrogens is 4. The first-order valence-electron chi connectivity index (χ1n) is 7.22. The number of nitrogens with zero attached hydrogens (tertiary/aromatic N) is 4. The van der Waals surface area contributed by atoms with Gasteiger partial charge in [0.1, 0.15) is 5.82 Å². The van der Waals surface area contributed by atoms with Crippen molar-refractivity contribution in [2.45, 2.75) is 26.3 Å². The van der Waals surface area contributed by atoms with Gasteiger partial charge in [0, 0.05) is 49.5 Å². The number of hydrogen-bond acceptors (Lipinski definition) is 3. The van der Waals surface area contributed by atoms with Crippen LogP contribution in [0.25, 0.3) is 11.4 Å². The number of imidazole rings is 1. The zero-order valence-electron chi connectivity index (χ0n) is 12.1. The summed E-state index contributed by atoms with van der Waals surface area (Å²) in [5, 5.41) is 0. The Bertz CT molecular complexity index is 686. The highest BCUT2D eigenvalue weighted by Gasteiger charge is 2.06. The molecule has 4 nitrogen and oxygen atoms in total. The number of rotatable bonds is 5. The molecular weight excluding hydrogens is 260 g/mol. The highest BCUT2D eigenvalue weighted by molar-refractivity contribution is 5.56. The lowest BCUT2D eigenvalue weighted by atomic mass is 10.1. The fourth-order valence-electron chi connectivity index (χ4n) is 2.33. The molecule has 1 aromatic carbocycles. The molecule has 106 valence electrons. The van der Waals surface area contributed by atoms with E-state index >= 15 is 0 Å². The molecule has 0 aliphatic heterocycles. The number of aryl methyl sites for hydroxylation is 3. The maximum absolute atomic E-state index is 4.48. The first kappa shape index (κ1) is 13.5. The molecule has 2 aromatic heterocycles. The molecule has 0 aliphatic rings. The third kappa shape index (κ3) is 3.16. The molecular formula is C17H18N4. The summed E-state index contributed by atoms with van der Waals surface area (Å²) in [6.45, 7) is 3.01. The fraction of sp³-hybridized carbons (Fsp3) is 0.235. The van der Waals surface area contributed by atoms with Crippen LogP contribution in [0.1, 0.15) is 18.2 Å². The Morgan fingerprint density at radius 2 is 1.86 bits per heavy atom. The van der Waals surface area contributed by atoms with Crippen LogP contribution in [0.5, 0.6) is 0 Å². The molecule has 3 rings (SSSR count). The highest BCUT2D eigenvalue weighted by atomic mass is 15.1. The molecule has 0 fully saturated rings. The van der Waals surface area contributed by atoms with Crippen LogP contribution in [0.15, 0.2) is 55.2 Å². The Hall–Kier alpha value is -2.49. The first-order chi connectivity index (χ1) is 10.4. The van der Waals surface area contributed by atoms with E-state index in [0.29, 0.717) is 0 Å². The maximum Gasteiger partial charge on any atom is 0.139 e. The Morgan fingerprint density at radius 1 is 1.00 bits per heavy atom. The standard InChI is InChI=1S/C17H18N4/c1-2-14-3-5-15(6-4-14)17-20-10-12-21(17)11-7-16-13-18-8-9-19-16/h3-6,8-10,12-13H,2,7,11H2,1H3.